The lowest BCUT2D eigenvalue weighted by Crippen LogP contribution is -2.10. The molecule has 0 aliphatic rings. The summed E-state index contributed by atoms with van der Waals surface area (Å²) >= 11 is 0. The van der Waals surface area contributed by atoms with Crippen molar-refractivity contribution in [3.05, 3.63) is 79.3 Å². The molecule has 0 bridgehead atoms. The van der Waals surface area contributed by atoms with Gasteiger partial charge in [0.1, 0.15) is 5.82 Å². The van der Waals surface area contributed by atoms with Crippen molar-refractivity contribution in [3.63, 3.8) is 0 Å². The number of H-pyrrole nitrogens is 1. The zero-order chi connectivity index (χ0) is 19.1. The third kappa shape index (κ3) is 2.79. The topological polar surface area (TPSA) is 44.8 Å². The van der Waals surface area contributed by atoms with Gasteiger partial charge in [0, 0.05) is 65.8 Å². The van der Waals surface area contributed by atoms with Crippen LogP contribution in [0.3, 0.4) is 0 Å². The number of benzene rings is 2. The fourth-order valence-electron chi connectivity index (χ4n) is 3.63. The molecular weight excluding hydrogens is 344 g/mol. The van der Waals surface area contributed by atoms with E-state index in [4.69, 9.17) is 0 Å². The van der Waals surface area contributed by atoms with Crippen LogP contribution < -0.4 is 4.90 Å². The van der Waals surface area contributed by atoms with Crippen molar-refractivity contribution in [1.29, 1.82) is 0 Å². The lowest BCUT2D eigenvalue weighted by molar-refractivity contribution is 1.07. The van der Waals surface area contributed by atoms with Gasteiger partial charge in [-0.1, -0.05) is 30.3 Å². The third-order valence-electron chi connectivity index (χ3n) is 5.11. The van der Waals surface area contributed by atoms with Crippen molar-refractivity contribution in [2.45, 2.75) is 0 Å². The summed E-state index contributed by atoms with van der Waals surface area (Å²) in [5.41, 5.74) is 5.67. The van der Waals surface area contributed by atoms with Gasteiger partial charge in [0.15, 0.2) is 0 Å². The quantitative estimate of drug-likeness (QED) is 0.459. The first-order valence-corrected chi connectivity index (χ1v) is 9.29. The Bertz CT molecular complexity index is 1300. The molecule has 0 radical (unpaired) electrons. The van der Waals surface area contributed by atoms with E-state index in [1.165, 1.54) is 16.3 Å². The summed E-state index contributed by atoms with van der Waals surface area (Å²) in [7, 11) is 4.00. The summed E-state index contributed by atoms with van der Waals surface area (Å²) in [6.45, 7) is 0. The average Bonchev–Trinajstić information content (AvgIpc) is 3.17. The molecule has 5 rings (SSSR count). The van der Waals surface area contributed by atoms with Crippen molar-refractivity contribution in [2.24, 2.45) is 0 Å². The highest BCUT2D eigenvalue weighted by atomic mass is 15.1. The Morgan fingerprint density at radius 1 is 0.821 bits per heavy atom. The Morgan fingerprint density at radius 2 is 1.71 bits per heavy atom. The first-order chi connectivity index (χ1) is 13.7. The lowest BCUT2D eigenvalue weighted by atomic mass is 10.00. The zero-order valence-electron chi connectivity index (χ0n) is 15.8. The molecule has 28 heavy (non-hydrogen) atoms. The molecule has 0 aliphatic carbocycles. The number of hydrogen-bond donors (Lipinski definition) is 1. The molecule has 0 aliphatic heterocycles. The maximum Gasteiger partial charge on any atom is 0.128 e. The van der Waals surface area contributed by atoms with Gasteiger partial charge in [-0.25, -0.2) is 4.98 Å². The average molecular weight is 364 g/mol. The van der Waals surface area contributed by atoms with Gasteiger partial charge >= 0.3 is 0 Å². The number of hydrogen-bond acceptors (Lipinski definition) is 3. The van der Waals surface area contributed by atoms with E-state index in [-0.39, 0.29) is 0 Å². The number of anilines is 1. The molecule has 1 N–H and O–H groups in total. The summed E-state index contributed by atoms with van der Waals surface area (Å²) in [4.78, 5) is 14.4. The van der Waals surface area contributed by atoms with Crippen LogP contribution >= 0.6 is 0 Å². The molecule has 0 saturated heterocycles. The molecule has 0 spiro atoms. The second-order valence-electron chi connectivity index (χ2n) is 7.19. The molecule has 2 aromatic carbocycles. The summed E-state index contributed by atoms with van der Waals surface area (Å²) in [5, 5.41) is 3.56. The molecule has 3 aromatic heterocycles. The van der Waals surface area contributed by atoms with E-state index in [0.717, 1.165) is 33.5 Å². The van der Waals surface area contributed by atoms with Gasteiger partial charge in [-0.2, -0.15) is 0 Å². The normalized spacial score (nSPS) is 11.2. The van der Waals surface area contributed by atoms with E-state index in [1.807, 2.05) is 49.7 Å². The Labute approximate surface area is 163 Å². The lowest BCUT2D eigenvalue weighted by Gasteiger charge is -2.11. The second-order valence-corrected chi connectivity index (χ2v) is 7.19. The predicted molar refractivity (Wildman–Crippen MR) is 117 cm³/mol. The highest BCUT2D eigenvalue weighted by Crippen LogP contribution is 2.32. The van der Waals surface area contributed by atoms with Gasteiger partial charge in [0.05, 0.1) is 0 Å². The Morgan fingerprint density at radius 3 is 2.61 bits per heavy atom. The molecule has 136 valence electrons. The molecule has 0 fully saturated rings. The number of nitrogens with one attached hydrogen (secondary N) is 1. The summed E-state index contributed by atoms with van der Waals surface area (Å²) in [5.74, 6) is 0.943. The zero-order valence-corrected chi connectivity index (χ0v) is 15.8. The minimum absolute atomic E-state index is 0.943. The van der Waals surface area contributed by atoms with E-state index < -0.39 is 0 Å². The highest BCUT2D eigenvalue weighted by molar-refractivity contribution is 5.98. The molecule has 0 saturated carbocycles. The van der Waals surface area contributed by atoms with Crippen molar-refractivity contribution in [3.8, 4) is 22.4 Å². The van der Waals surface area contributed by atoms with Crippen molar-refractivity contribution >= 4 is 27.5 Å². The minimum atomic E-state index is 0.943. The standard InChI is InChI=1S/C24H20N4/c1-28(2)24-13-17(9-10-26-24)23-12-19-11-16(7-8-22(19)27-23)21-15-25-14-18-5-3-4-6-20(18)21/h3-15,27H,1-2H3. The van der Waals surface area contributed by atoms with Crippen molar-refractivity contribution in [2.75, 3.05) is 19.0 Å². The van der Waals surface area contributed by atoms with Crippen LogP contribution in [0, 0.1) is 0 Å². The van der Waals surface area contributed by atoms with Crippen LogP contribution in [0.25, 0.3) is 44.1 Å². The SMILES string of the molecule is CN(C)c1cc(-c2cc3cc(-c4cncc5ccccc45)ccc3[nH]2)ccn1. The molecule has 4 heteroatoms. The molecule has 0 unspecified atom stereocenters. The van der Waals surface area contributed by atoms with Crippen LogP contribution in [0.15, 0.2) is 79.3 Å². The van der Waals surface area contributed by atoms with Crippen LogP contribution in [0.2, 0.25) is 0 Å². The maximum absolute atomic E-state index is 4.43. The van der Waals surface area contributed by atoms with Crippen molar-refractivity contribution < 1.29 is 0 Å². The second kappa shape index (κ2) is 6.50. The van der Waals surface area contributed by atoms with E-state index in [0.29, 0.717) is 0 Å². The van der Waals surface area contributed by atoms with Gasteiger partial charge in [-0.3, -0.25) is 4.98 Å². The van der Waals surface area contributed by atoms with Crippen LogP contribution in [-0.2, 0) is 0 Å². The number of nitrogens with zero attached hydrogens (tertiary/aromatic N) is 3. The van der Waals surface area contributed by atoms with Crippen LogP contribution in [0.4, 0.5) is 5.82 Å². The molecule has 0 amide bonds. The number of aromatic amines is 1. The summed E-state index contributed by atoms with van der Waals surface area (Å²) in [6.07, 6.45) is 5.71. The maximum atomic E-state index is 4.43. The van der Waals surface area contributed by atoms with Gasteiger partial charge in [-0.15, -0.1) is 0 Å². The molecule has 4 nitrogen and oxygen atoms in total. The van der Waals surface area contributed by atoms with E-state index in [9.17, 15) is 0 Å². The molecule has 3 heterocycles. The van der Waals surface area contributed by atoms with E-state index >= 15 is 0 Å². The Balaban J connectivity index is 1.62. The van der Waals surface area contributed by atoms with Crippen LogP contribution in [-0.4, -0.2) is 29.0 Å². The highest BCUT2D eigenvalue weighted by Gasteiger charge is 2.09. The first kappa shape index (κ1) is 16.5. The minimum Gasteiger partial charge on any atom is -0.363 e. The molecule has 5 aromatic rings. The summed E-state index contributed by atoms with van der Waals surface area (Å²) in [6, 6.07) is 21.2. The first-order valence-electron chi connectivity index (χ1n) is 9.29. The largest absolute Gasteiger partial charge is 0.363 e. The van der Waals surface area contributed by atoms with Crippen molar-refractivity contribution in [1.82, 2.24) is 15.0 Å². The van der Waals surface area contributed by atoms with Crippen LogP contribution in [0.5, 0.6) is 0 Å². The monoisotopic (exact) mass is 364 g/mol. The Hall–Kier alpha value is -3.66. The third-order valence-corrected chi connectivity index (χ3v) is 5.11. The smallest absolute Gasteiger partial charge is 0.128 e. The number of rotatable bonds is 3. The van der Waals surface area contributed by atoms with Gasteiger partial charge in [-0.05, 0) is 41.3 Å². The van der Waals surface area contributed by atoms with Gasteiger partial charge in [0.25, 0.3) is 0 Å². The number of pyridine rings is 2. The van der Waals surface area contributed by atoms with E-state index in [1.54, 1.807) is 0 Å². The summed E-state index contributed by atoms with van der Waals surface area (Å²) < 4.78 is 0. The molecule has 0 atom stereocenters. The predicted octanol–water partition coefficient (Wildman–Crippen LogP) is 5.51. The van der Waals surface area contributed by atoms with E-state index in [2.05, 4.69) is 63.5 Å². The molecular formula is C24H20N4. The number of fused-ring (bicyclic) bond motifs is 2. The fourth-order valence-corrected chi connectivity index (χ4v) is 3.63. The fraction of sp³-hybridized carbons (Fsp3) is 0.0833. The Kier molecular flexibility index (Phi) is 3.83. The van der Waals surface area contributed by atoms with Gasteiger partial charge in [0.2, 0.25) is 0 Å². The van der Waals surface area contributed by atoms with Gasteiger partial charge < -0.3 is 9.88 Å². The van der Waals surface area contributed by atoms with Crippen LogP contribution in [0.1, 0.15) is 0 Å². The number of aromatic nitrogens is 3.